The van der Waals surface area contributed by atoms with Crippen molar-refractivity contribution in [3.63, 3.8) is 0 Å². The second-order valence-electron chi connectivity index (χ2n) is 4.88. The summed E-state index contributed by atoms with van der Waals surface area (Å²) >= 11 is 5.96. The van der Waals surface area contributed by atoms with Gasteiger partial charge in [0, 0.05) is 26.3 Å². The smallest absolute Gasteiger partial charge is 0.242 e. The minimum absolute atomic E-state index is 0.0878. The van der Waals surface area contributed by atoms with E-state index in [2.05, 4.69) is 4.72 Å². The summed E-state index contributed by atoms with van der Waals surface area (Å²) in [5.74, 6) is 0.434. The molecule has 2 rings (SSSR count). The van der Waals surface area contributed by atoms with Gasteiger partial charge in [0.1, 0.15) is 4.90 Å². The number of hydrogen-bond acceptors (Lipinski definition) is 4. The molecule has 1 saturated heterocycles. The molecule has 0 radical (unpaired) electrons. The Morgan fingerprint density at radius 1 is 1.45 bits per heavy atom. The third-order valence-corrected chi connectivity index (χ3v) is 5.33. The summed E-state index contributed by atoms with van der Waals surface area (Å²) in [5.41, 5.74) is 6.26. The molecule has 1 aliphatic rings. The predicted molar refractivity (Wildman–Crippen MR) is 78.1 cm³/mol. The lowest BCUT2D eigenvalue weighted by molar-refractivity contribution is 0.184. The summed E-state index contributed by atoms with van der Waals surface area (Å²) in [4.78, 5) is 0.0878. The van der Waals surface area contributed by atoms with E-state index in [1.54, 1.807) is 12.1 Å². The zero-order valence-electron chi connectivity index (χ0n) is 11.1. The molecule has 1 fully saturated rings. The second-order valence-corrected chi connectivity index (χ2v) is 7.03. The van der Waals surface area contributed by atoms with Gasteiger partial charge in [0.25, 0.3) is 0 Å². The third kappa shape index (κ3) is 3.93. The van der Waals surface area contributed by atoms with E-state index < -0.39 is 10.0 Å². The fourth-order valence-electron chi connectivity index (χ4n) is 2.17. The first-order valence-corrected chi connectivity index (χ1v) is 8.45. The van der Waals surface area contributed by atoms with Gasteiger partial charge in [-0.1, -0.05) is 17.7 Å². The molecule has 0 bridgehead atoms. The number of halogens is 1. The van der Waals surface area contributed by atoms with Crippen LogP contribution in [0.2, 0.25) is 5.02 Å². The lowest BCUT2D eigenvalue weighted by Gasteiger charge is -2.11. The number of ether oxygens (including phenoxy) is 1. The normalized spacial score (nSPS) is 19.4. The Bertz CT molecular complexity index is 557. The second kappa shape index (κ2) is 6.87. The zero-order valence-corrected chi connectivity index (χ0v) is 12.7. The number of rotatable bonds is 6. The highest BCUT2D eigenvalue weighted by atomic mass is 35.5. The Morgan fingerprint density at radius 2 is 2.25 bits per heavy atom. The lowest BCUT2D eigenvalue weighted by Crippen LogP contribution is -2.26. The monoisotopic (exact) mass is 318 g/mol. The molecule has 1 unspecified atom stereocenters. The Kier molecular flexibility index (Phi) is 5.40. The Balaban J connectivity index is 2.01. The molecule has 1 atom stereocenters. The van der Waals surface area contributed by atoms with Crippen LogP contribution in [-0.2, 0) is 21.3 Å². The van der Waals surface area contributed by atoms with Crippen LogP contribution in [0.25, 0.3) is 0 Å². The van der Waals surface area contributed by atoms with Crippen LogP contribution in [0, 0.1) is 5.92 Å². The maximum Gasteiger partial charge on any atom is 0.242 e. The quantitative estimate of drug-likeness (QED) is 0.833. The molecule has 20 heavy (non-hydrogen) atoms. The molecular weight excluding hydrogens is 300 g/mol. The molecule has 3 N–H and O–H groups in total. The topological polar surface area (TPSA) is 81.4 Å². The van der Waals surface area contributed by atoms with Crippen LogP contribution in [0.4, 0.5) is 0 Å². The highest BCUT2D eigenvalue weighted by molar-refractivity contribution is 7.89. The molecule has 7 heteroatoms. The number of nitrogens with one attached hydrogen (secondary N) is 1. The summed E-state index contributed by atoms with van der Waals surface area (Å²) in [6.07, 6.45) is 1.76. The Morgan fingerprint density at radius 3 is 2.90 bits per heavy atom. The van der Waals surface area contributed by atoms with Crippen LogP contribution in [0.15, 0.2) is 23.1 Å². The number of hydrogen-bond donors (Lipinski definition) is 2. The highest BCUT2D eigenvalue weighted by Crippen LogP contribution is 2.23. The molecule has 0 spiro atoms. The van der Waals surface area contributed by atoms with Crippen LogP contribution in [0.5, 0.6) is 0 Å². The molecule has 1 heterocycles. The molecule has 0 aromatic heterocycles. The number of nitrogens with two attached hydrogens (primary N) is 1. The molecule has 0 amide bonds. The number of benzene rings is 1. The van der Waals surface area contributed by atoms with Gasteiger partial charge >= 0.3 is 0 Å². The van der Waals surface area contributed by atoms with Gasteiger partial charge in [-0.05, 0) is 36.5 Å². The van der Waals surface area contributed by atoms with Crippen molar-refractivity contribution in [3.8, 4) is 0 Å². The average Bonchev–Trinajstić information content (AvgIpc) is 2.92. The summed E-state index contributed by atoms with van der Waals surface area (Å²) in [5, 5.41) is 0.207. The maximum atomic E-state index is 12.2. The first-order chi connectivity index (χ1) is 9.53. The van der Waals surface area contributed by atoms with E-state index in [0.717, 1.165) is 25.0 Å². The molecule has 1 aromatic carbocycles. The first kappa shape index (κ1) is 15.7. The SMILES string of the molecule is NCc1ccc(Cl)c(S(=O)(=O)NCCC2CCOC2)c1. The van der Waals surface area contributed by atoms with Gasteiger partial charge in [-0.25, -0.2) is 13.1 Å². The summed E-state index contributed by atoms with van der Waals surface area (Å²) < 4.78 is 32.3. The highest BCUT2D eigenvalue weighted by Gasteiger charge is 2.20. The average molecular weight is 319 g/mol. The van der Waals surface area contributed by atoms with E-state index in [4.69, 9.17) is 22.1 Å². The van der Waals surface area contributed by atoms with Crippen molar-refractivity contribution in [2.24, 2.45) is 11.7 Å². The standard InChI is InChI=1S/C13H19ClN2O3S/c14-12-2-1-11(8-15)7-13(12)20(17,18)16-5-3-10-4-6-19-9-10/h1-2,7,10,16H,3-6,8-9,15H2. The van der Waals surface area contributed by atoms with Gasteiger partial charge < -0.3 is 10.5 Å². The van der Waals surface area contributed by atoms with Gasteiger partial charge in [-0.2, -0.15) is 0 Å². The van der Waals surface area contributed by atoms with E-state index in [0.29, 0.717) is 19.1 Å². The maximum absolute atomic E-state index is 12.2. The van der Waals surface area contributed by atoms with Crippen molar-refractivity contribution >= 4 is 21.6 Å². The molecule has 0 saturated carbocycles. The van der Waals surface area contributed by atoms with Crippen molar-refractivity contribution < 1.29 is 13.2 Å². The van der Waals surface area contributed by atoms with E-state index in [1.807, 2.05) is 0 Å². The van der Waals surface area contributed by atoms with Crippen LogP contribution in [0.3, 0.4) is 0 Å². The van der Waals surface area contributed by atoms with E-state index in [1.165, 1.54) is 6.07 Å². The number of sulfonamides is 1. The summed E-state index contributed by atoms with van der Waals surface area (Å²) in [6.45, 7) is 2.14. The predicted octanol–water partition coefficient (Wildman–Crippen LogP) is 1.50. The summed E-state index contributed by atoms with van der Waals surface area (Å²) in [7, 11) is -3.59. The van der Waals surface area contributed by atoms with Crippen LogP contribution >= 0.6 is 11.6 Å². The van der Waals surface area contributed by atoms with Crippen molar-refractivity contribution in [2.75, 3.05) is 19.8 Å². The van der Waals surface area contributed by atoms with Gasteiger partial charge in [-0.3, -0.25) is 0 Å². The Labute approximate surface area is 124 Å². The van der Waals surface area contributed by atoms with Crippen molar-refractivity contribution in [1.29, 1.82) is 0 Å². The molecule has 1 aliphatic heterocycles. The fraction of sp³-hybridized carbons (Fsp3) is 0.538. The van der Waals surface area contributed by atoms with Gasteiger partial charge in [0.2, 0.25) is 10.0 Å². The van der Waals surface area contributed by atoms with E-state index >= 15 is 0 Å². The molecule has 0 aliphatic carbocycles. The Hall–Kier alpha value is -0.660. The van der Waals surface area contributed by atoms with Gasteiger partial charge in [0.05, 0.1) is 5.02 Å². The van der Waals surface area contributed by atoms with Crippen molar-refractivity contribution in [1.82, 2.24) is 4.72 Å². The van der Waals surface area contributed by atoms with E-state index in [9.17, 15) is 8.42 Å². The molecular formula is C13H19ClN2O3S. The lowest BCUT2D eigenvalue weighted by atomic mass is 10.1. The molecule has 1 aromatic rings. The van der Waals surface area contributed by atoms with Crippen LogP contribution in [-0.4, -0.2) is 28.2 Å². The minimum Gasteiger partial charge on any atom is -0.381 e. The van der Waals surface area contributed by atoms with Crippen molar-refractivity contribution in [3.05, 3.63) is 28.8 Å². The van der Waals surface area contributed by atoms with Gasteiger partial charge in [-0.15, -0.1) is 0 Å². The van der Waals surface area contributed by atoms with Crippen LogP contribution in [0.1, 0.15) is 18.4 Å². The van der Waals surface area contributed by atoms with Gasteiger partial charge in [0.15, 0.2) is 0 Å². The zero-order chi connectivity index (χ0) is 14.6. The van der Waals surface area contributed by atoms with Crippen LogP contribution < -0.4 is 10.5 Å². The molecule has 5 nitrogen and oxygen atoms in total. The third-order valence-electron chi connectivity index (χ3n) is 3.39. The minimum atomic E-state index is -3.59. The first-order valence-electron chi connectivity index (χ1n) is 6.59. The summed E-state index contributed by atoms with van der Waals surface area (Å²) in [6, 6.07) is 4.80. The van der Waals surface area contributed by atoms with E-state index in [-0.39, 0.29) is 16.5 Å². The molecule has 112 valence electrons. The largest absolute Gasteiger partial charge is 0.381 e. The fourth-order valence-corrected chi connectivity index (χ4v) is 3.76. The van der Waals surface area contributed by atoms with Crippen molar-refractivity contribution in [2.45, 2.75) is 24.3 Å².